The van der Waals surface area contributed by atoms with Crippen LogP contribution in [0.5, 0.6) is 0 Å². The highest BCUT2D eigenvalue weighted by Gasteiger charge is 2.42. The lowest BCUT2D eigenvalue weighted by Crippen LogP contribution is -2.60. The van der Waals surface area contributed by atoms with Gasteiger partial charge in [-0.05, 0) is 56.7 Å². The number of carbonyl (C=O) groups is 1. The van der Waals surface area contributed by atoms with Gasteiger partial charge in [0.05, 0.1) is 11.3 Å². The Morgan fingerprint density at radius 2 is 2.35 bits per heavy atom. The van der Waals surface area contributed by atoms with Crippen LogP contribution in [0.2, 0.25) is 0 Å². The van der Waals surface area contributed by atoms with Crippen molar-refractivity contribution < 1.29 is 10.0 Å². The number of aromatic nitrogens is 1. The summed E-state index contributed by atoms with van der Waals surface area (Å²) in [6.45, 7) is 3.02. The highest BCUT2D eigenvalue weighted by atomic mass is 16.5. The molecule has 1 atom stereocenters. The lowest BCUT2D eigenvalue weighted by molar-refractivity contribution is 0.0536. The molecule has 0 aromatic carbocycles. The third kappa shape index (κ3) is 2.75. The van der Waals surface area contributed by atoms with E-state index in [1.165, 1.54) is 32.1 Å². The van der Waals surface area contributed by atoms with Gasteiger partial charge in [0.25, 0.3) is 5.91 Å². The van der Waals surface area contributed by atoms with Gasteiger partial charge in [0.15, 0.2) is 0 Å². The van der Waals surface area contributed by atoms with Gasteiger partial charge in [-0.1, -0.05) is 0 Å². The molecular weight excluding hydrogens is 292 g/mol. The Morgan fingerprint density at radius 3 is 3.09 bits per heavy atom. The molecule has 1 spiro atoms. The Bertz CT molecular complexity index is 615. The molecule has 4 rings (SSSR count). The molecule has 1 aromatic heterocycles. The number of fused-ring (bicyclic) bond motifs is 1. The van der Waals surface area contributed by atoms with Crippen molar-refractivity contribution in [3.63, 3.8) is 0 Å². The minimum Gasteiger partial charge on any atom is -0.311 e. The van der Waals surface area contributed by atoms with Gasteiger partial charge < -0.3 is 5.32 Å². The van der Waals surface area contributed by atoms with E-state index in [4.69, 9.17) is 5.21 Å². The molecule has 0 radical (unpaired) electrons. The summed E-state index contributed by atoms with van der Waals surface area (Å²) < 4.78 is 0. The van der Waals surface area contributed by atoms with Crippen molar-refractivity contribution in [1.82, 2.24) is 20.7 Å². The Balaban J connectivity index is 1.47. The quantitative estimate of drug-likeness (QED) is 0.565. The molecule has 0 unspecified atom stereocenters. The van der Waals surface area contributed by atoms with Crippen LogP contribution in [0.25, 0.3) is 0 Å². The number of pyridine rings is 1. The van der Waals surface area contributed by atoms with Crippen LogP contribution >= 0.6 is 0 Å². The van der Waals surface area contributed by atoms with E-state index in [1.807, 2.05) is 6.07 Å². The first-order valence-electron chi connectivity index (χ1n) is 8.60. The number of nitrogens with one attached hydrogen (secondary N) is 2. The molecule has 3 N–H and O–H groups in total. The Hall–Kier alpha value is -1.50. The molecule has 1 aromatic rings. The maximum absolute atomic E-state index is 11.5. The van der Waals surface area contributed by atoms with E-state index in [0.717, 1.165) is 37.3 Å². The van der Waals surface area contributed by atoms with Gasteiger partial charge in [-0.3, -0.25) is 19.9 Å². The summed E-state index contributed by atoms with van der Waals surface area (Å²) in [6.07, 6.45) is 8.96. The van der Waals surface area contributed by atoms with E-state index in [-0.39, 0.29) is 0 Å². The van der Waals surface area contributed by atoms with Gasteiger partial charge in [-0.15, -0.1) is 0 Å². The van der Waals surface area contributed by atoms with Crippen LogP contribution in [0.3, 0.4) is 0 Å². The van der Waals surface area contributed by atoms with Crippen molar-refractivity contribution in [3.8, 4) is 0 Å². The number of hydrogen-bond acceptors (Lipinski definition) is 5. The number of hydroxylamine groups is 1. The fraction of sp³-hybridized carbons (Fsp3) is 0.647. The maximum atomic E-state index is 11.5. The largest absolute Gasteiger partial charge is 0.311 e. The predicted octanol–water partition coefficient (Wildman–Crippen LogP) is 1.23. The van der Waals surface area contributed by atoms with Gasteiger partial charge in [-0.2, -0.15) is 0 Å². The molecule has 1 saturated carbocycles. The Kier molecular flexibility index (Phi) is 3.83. The smallest absolute Gasteiger partial charge is 0.276 e. The summed E-state index contributed by atoms with van der Waals surface area (Å²) in [5, 5.41) is 12.5. The average molecular weight is 316 g/mol. The van der Waals surface area contributed by atoms with Crippen LogP contribution in [0.1, 0.15) is 53.7 Å². The molecule has 6 heteroatoms. The van der Waals surface area contributed by atoms with Crippen molar-refractivity contribution >= 4 is 5.91 Å². The number of nitrogens with zero attached hydrogens (tertiary/aromatic N) is 2. The van der Waals surface area contributed by atoms with E-state index in [2.05, 4.69) is 15.2 Å². The first kappa shape index (κ1) is 15.1. The van der Waals surface area contributed by atoms with Gasteiger partial charge >= 0.3 is 0 Å². The van der Waals surface area contributed by atoms with Crippen LogP contribution in [-0.4, -0.2) is 45.7 Å². The van der Waals surface area contributed by atoms with E-state index in [0.29, 0.717) is 17.1 Å². The minimum atomic E-state index is -0.493. The highest BCUT2D eigenvalue weighted by Crippen LogP contribution is 2.40. The molecule has 124 valence electrons. The number of carbonyl (C=O) groups excluding carboxylic acids is 1. The molecular formula is C17H24N4O2. The number of rotatable bonds is 2. The maximum Gasteiger partial charge on any atom is 0.276 e. The SMILES string of the molecule is O=C(NO)c1cnc2c(c1)CCN([C@H]1CCNC3(CCC3)C1)C2. The summed E-state index contributed by atoms with van der Waals surface area (Å²) in [7, 11) is 0. The van der Waals surface area contributed by atoms with Crippen LogP contribution < -0.4 is 10.8 Å². The summed E-state index contributed by atoms with van der Waals surface area (Å²) in [5.41, 5.74) is 4.73. The topological polar surface area (TPSA) is 77.5 Å². The summed E-state index contributed by atoms with van der Waals surface area (Å²) in [5.74, 6) is -0.493. The minimum absolute atomic E-state index is 0.416. The standard InChI is InChI=1S/C17H24N4O2/c22-16(20-23)13-8-12-3-7-21(11-15(12)18-10-13)14-2-6-19-17(9-14)4-1-5-17/h8,10,14,19,23H,1-7,9,11H2,(H,20,22)/t14-/m0/s1. The van der Waals surface area contributed by atoms with Crippen molar-refractivity contribution in [2.45, 2.75) is 56.7 Å². The second-order valence-electron chi connectivity index (χ2n) is 7.20. The van der Waals surface area contributed by atoms with Crippen LogP contribution in [0.4, 0.5) is 0 Å². The van der Waals surface area contributed by atoms with Crippen molar-refractivity contribution in [3.05, 3.63) is 29.1 Å². The number of amides is 1. The molecule has 1 amide bonds. The normalized spacial score (nSPS) is 26.4. The van der Waals surface area contributed by atoms with Crippen LogP contribution in [0.15, 0.2) is 12.3 Å². The monoisotopic (exact) mass is 316 g/mol. The Morgan fingerprint density at radius 1 is 1.48 bits per heavy atom. The summed E-state index contributed by atoms with van der Waals surface area (Å²) in [4.78, 5) is 18.5. The third-order valence-corrected chi connectivity index (χ3v) is 5.88. The van der Waals surface area contributed by atoms with Gasteiger partial charge in [0.2, 0.25) is 0 Å². The number of piperidine rings is 1. The van der Waals surface area contributed by atoms with Crippen molar-refractivity contribution in [2.75, 3.05) is 13.1 Å². The van der Waals surface area contributed by atoms with E-state index in [9.17, 15) is 4.79 Å². The van der Waals surface area contributed by atoms with E-state index >= 15 is 0 Å². The van der Waals surface area contributed by atoms with Crippen molar-refractivity contribution in [2.24, 2.45) is 0 Å². The van der Waals surface area contributed by atoms with Gasteiger partial charge in [-0.25, -0.2) is 5.48 Å². The molecule has 6 nitrogen and oxygen atoms in total. The fourth-order valence-corrected chi connectivity index (χ4v) is 4.36. The molecule has 0 bridgehead atoms. The fourth-order valence-electron chi connectivity index (χ4n) is 4.36. The number of hydrogen-bond donors (Lipinski definition) is 3. The zero-order valence-electron chi connectivity index (χ0n) is 13.3. The molecule has 3 heterocycles. The third-order valence-electron chi connectivity index (χ3n) is 5.88. The lowest BCUT2D eigenvalue weighted by atomic mass is 9.70. The molecule has 1 saturated heterocycles. The lowest BCUT2D eigenvalue weighted by Gasteiger charge is -2.51. The zero-order chi connectivity index (χ0) is 15.9. The van der Waals surface area contributed by atoms with Gasteiger partial charge in [0.1, 0.15) is 0 Å². The molecule has 3 aliphatic rings. The van der Waals surface area contributed by atoms with Crippen molar-refractivity contribution in [1.29, 1.82) is 0 Å². The molecule has 23 heavy (non-hydrogen) atoms. The predicted molar refractivity (Wildman–Crippen MR) is 85.2 cm³/mol. The summed E-state index contributed by atoms with van der Waals surface area (Å²) >= 11 is 0. The molecule has 1 aliphatic carbocycles. The van der Waals surface area contributed by atoms with Crippen LogP contribution in [-0.2, 0) is 13.0 Å². The highest BCUT2D eigenvalue weighted by molar-refractivity contribution is 5.93. The van der Waals surface area contributed by atoms with Gasteiger partial charge in [0, 0.05) is 30.9 Å². The second-order valence-corrected chi connectivity index (χ2v) is 7.20. The summed E-state index contributed by atoms with van der Waals surface area (Å²) in [6, 6.07) is 2.51. The second kappa shape index (κ2) is 5.85. The average Bonchev–Trinajstić information content (AvgIpc) is 2.59. The first-order valence-corrected chi connectivity index (χ1v) is 8.60. The van der Waals surface area contributed by atoms with E-state index < -0.39 is 5.91 Å². The first-order chi connectivity index (χ1) is 11.2. The Labute approximate surface area is 136 Å². The van der Waals surface area contributed by atoms with E-state index in [1.54, 1.807) is 11.7 Å². The molecule has 2 aliphatic heterocycles. The molecule has 2 fully saturated rings. The zero-order valence-corrected chi connectivity index (χ0v) is 13.3. The van der Waals surface area contributed by atoms with Crippen LogP contribution in [0, 0.1) is 0 Å².